The molecule has 5 unspecified atom stereocenters. The Balaban J connectivity index is 1.45. The van der Waals surface area contributed by atoms with Gasteiger partial charge in [0.1, 0.15) is 12.7 Å². The molecule has 0 aromatic carbocycles. The van der Waals surface area contributed by atoms with Crippen molar-refractivity contribution in [2.45, 2.75) is 37.2 Å². The molecule has 1 amide bonds. The fraction of sp³-hybridized carbons (Fsp3) is 0.714. The number of esters is 1. The van der Waals surface area contributed by atoms with Gasteiger partial charge in [0, 0.05) is 5.57 Å². The number of fused-ring (bicyclic) bond motifs is 1. The van der Waals surface area contributed by atoms with Crippen LogP contribution < -0.4 is 10.0 Å². The maximum atomic E-state index is 11.9. The summed E-state index contributed by atoms with van der Waals surface area (Å²) in [5, 5.41) is 2.17. The Kier molecular flexibility index (Phi) is 4.09. The van der Waals surface area contributed by atoms with Crippen LogP contribution in [0.2, 0.25) is 0 Å². The second kappa shape index (κ2) is 5.79. The Morgan fingerprint density at radius 1 is 1.35 bits per heavy atom. The van der Waals surface area contributed by atoms with E-state index in [1.807, 2.05) is 0 Å². The van der Waals surface area contributed by atoms with E-state index in [0.717, 1.165) is 6.42 Å². The van der Waals surface area contributed by atoms with Gasteiger partial charge in [-0.25, -0.2) is 22.7 Å². The Labute approximate surface area is 134 Å². The molecule has 3 fully saturated rings. The molecule has 0 aromatic rings. The van der Waals surface area contributed by atoms with Gasteiger partial charge in [0.25, 0.3) is 0 Å². The van der Waals surface area contributed by atoms with Crippen LogP contribution >= 0.6 is 0 Å². The number of hydrogen-bond donors (Lipinski definition) is 2. The molecule has 2 aliphatic carbocycles. The minimum absolute atomic E-state index is 0.0235. The highest BCUT2D eigenvalue weighted by Crippen LogP contribution is 2.52. The molecular weight excluding hydrogens is 324 g/mol. The van der Waals surface area contributed by atoms with Crippen LogP contribution in [0.1, 0.15) is 19.8 Å². The maximum Gasteiger partial charge on any atom is 0.407 e. The fourth-order valence-corrected chi connectivity index (χ4v) is 5.90. The number of hydrogen-bond acceptors (Lipinski definition) is 6. The first-order chi connectivity index (χ1) is 10.8. The van der Waals surface area contributed by atoms with Gasteiger partial charge in [-0.05, 0) is 31.6 Å². The van der Waals surface area contributed by atoms with Crippen molar-refractivity contribution in [2.24, 2.45) is 11.8 Å². The zero-order valence-corrected chi connectivity index (χ0v) is 13.6. The Morgan fingerprint density at radius 2 is 2.09 bits per heavy atom. The number of carbonyl (C=O) groups excluding carboxylic acids is 2. The van der Waals surface area contributed by atoms with Gasteiger partial charge in [-0.1, -0.05) is 6.58 Å². The van der Waals surface area contributed by atoms with Crippen molar-refractivity contribution in [1.29, 1.82) is 0 Å². The van der Waals surface area contributed by atoms with Crippen LogP contribution in [0, 0.1) is 11.8 Å². The molecular formula is C14H20N2O6S. The first-order valence-electron chi connectivity index (χ1n) is 7.58. The number of carbonyl (C=O) groups is 2. The van der Waals surface area contributed by atoms with E-state index in [1.54, 1.807) is 0 Å². The number of rotatable bonds is 5. The summed E-state index contributed by atoms with van der Waals surface area (Å²) in [5.41, 5.74) is 0.289. The summed E-state index contributed by atoms with van der Waals surface area (Å²) < 4.78 is 36.7. The minimum atomic E-state index is -3.27. The highest BCUT2D eigenvalue weighted by molar-refractivity contribution is 7.90. The number of sulfonamides is 1. The molecule has 0 spiro atoms. The molecule has 0 aromatic heterocycles. The second-order valence-corrected chi connectivity index (χ2v) is 8.27. The SMILES string of the molecule is C=C(C)C(=O)OCCNC(=O)OC1C2CC3C1NS(=O)(=O)C3C2. The second-order valence-electron chi connectivity index (χ2n) is 6.34. The standard InChI is InChI=1S/C14H20N2O6S/c1-7(2)13(17)21-4-3-15-14(18)22-12-8-5-9-10(6-8)23(19,20)16-11(9)12/h8-12,16H,1,3-6H2,2H3,(H,15,18). The summed E-state index contributed by atoms with van der Waals surface area (Å²) in [4.78, 5) is 23.0. The minimum Gasteiger partial charge on any atom is -0.460 e. The molecule has 1 aliphatic heterocycles. The summed E-state index contributed by atoms with van der Waals surface area (Å²) in [6, 6.07) is -0.309. The lowest BCUT2D eigenvalue weighted by atomic mass is 9.93. The summed E-state index contributed by atoms with van der Waals surface area (Å²) in [6.07, 6.45) is 0.267. The third-order valence-corrected chi connectivity index (χ3v) is 6.70. The molecule has 0 radical (unpaired) electrons. The lowest BCUT2D eigenvalue weighted by molar-refractivity contribution is -0.138. The van der Waals surface area contributed by atoms with Crippen LogP contribution in [0.5, 0.6) is 0 Å². The van der Waals surface area contributed by atoms with Crippen LogP contribution in [-0.4, -0.2) is 51.0 Å². The number of alkyl carbamates (subject to hydrolysis) is 1. The zero-order valence-electron chi connectivity index (χ0n) is 12.8. The van der Waals surface area contributed by atoms with Gasteiger partial charge in [0.05, 0.1) is 17.8 Å². The summed E-state index contributed by atoms with van der Waals surface area (Å²) in [5.74, 6) is -0.384. The number of nitrogens with one attached hydrogen (secondary N) is 2. The molecule has 2 N–H and O–H groups in total. The molecule has 2 saturated carbocycles. The van der Waals surface area contributed by atoms with Crippen molar-refractivity contribution in [3.63, 3.8) is 0 Å². The third-order valence-electron chi connectivity index (χ3n) is 4.76. The van der Waals surface area contributed by atoms with Crippen molar-refractivity contribution >= 4 is 22.1 Å². The van der Waals surface area contributed by atoms with Crippen molar-refractivity contribution in [1.82, 2.24) is 10.0 Å². The highest BCUT2D eigenvalue weighted by Gasteiger charge is 2.63. The van der Waals surface area contributed by atoms with E-state index < -0.39 is 28.2 Å². The lowest BCUT2D eigenvalue weighted by Crippen LogP contribution is -2.44. The van der Waals surface area contributed by atoms with E-state index in [9.17, 15) is 18.0 Å². The van der Waals surface area contributed by atoms with E-state index in [2.05, 4.69) is 16.6 Å². The van der Waals surface area contributed by atoms with Crippen LogP contribution in [0.25, 0.3) is 0 Å². The van der Waals surface area contributed by atoms with Gasteiger partial charge in [-0.15, -0.1) is 0 Å². The molecule has 23 heavy (non-hydrogen) atoms. The Hall–Kier alpha value is -1.61. The van der Waals surface area contributed by atoms with Gasteiger partial charge in [-0.3, -0.25) is 0 Å². The van der Waals surface area contributed by atoms with E-state index >= 15 is 0 Å². The van der Waals surface area contributed by atoms with Gasteiger partial charge >= 0.3 is 12.1 Å². The summed E-state index contributed by atoms with van der Waals surface area (Å²) in [6.45, 7) is 5.13. The van der Waals surface area contributed by atoms with Crippen LogP contribution in [0.4, 0.5) is 4.79 Å². The average molecular weight is 344 g/mol. The number of ether oxygens (including phenoxy) is 2. The first-order valence-corrected chi connectivity index (χ1v) is 9.12. The zero-order chi connectivity index (χ0) is 16.8. The van der Waals surface area contributed by atoms with Crippen LogP contribution in [0.15, 0.2) is 12.2 Å². The smallest absolute Gasteiger partial charge is 0.407 e. The molecule has 1 saturated heterocycles. The van der Waals surface area contributed by atoms with Crippen molar-refractivity contribution in [3.05, 3.63) is 12.2 Å². The Bertz CT molecular complexity index is 646. The lowest BCUT2D eigenvalue weighted by Gasteiger charge is -2.25. The van der Waals surface area contributed by atoms with Crippen molar-refractivity contribution in [2.75, 3.05) is 13.2 Å². The van der Waals surface area contributed by atoms with E-state index in [-0.39, 0.29) is 41.9 Å². The molecule has 2 bridgehead atoms. The maximum absolute atomic E-state index is 11.9. The van der Waals surface area contributed by atoms with Gasteiger partial charge < -0.3 is 14.8 Å². The van der Waals surface area contributed by atoms with Crippen LogP contribution in [0.3, 0.4) is 0 Å². The van der Waals surface area contributed by atoms with Gasteiger partial charge in [0.2, 0.25) is 10.0 Å². The Morgan fingerprint density at radius 3 is 2.78 bits per heavy atom. The average Bonchev–Trinajstić information content (AvgIpc) is 3.07. The summed E-state index contributed by atoms with van der Waals surface area (Å²) >= 11 is 0. The molecule has 3 aliphatic rings. The normalized spacial score (nSPS) is 35.8. The molecule has 8 nitrogen and oxygen atoms in total. The first kappa shape index (κ1) is 16.3. The summed E-state index contributed by atoms with van der Waals surface area (Å²) in [7, 11) is -3.27. The number of amides is 1. The largest absolute Gasteiger partial charge is 0.460 e. The quantitative estimate of drug-likeness (QED) is 0.410. The van der Waals surface area contributed by atoms with Crippen molar-refractivity contribution < 1.29 is 27.5 Å². The van der Waals surface area contributed by atoms with Gasteiger partial charge in [0.15, 0.2) is 0 Å². The third kappa shape index (κ3) is 2.94. The predicted molar refractivity (Wildman–Crippen MR) is 79.9 cm³/mol. The van der Waals surface area contributed by atoms with E-state index in [0.29, 0.717) is 6.42 Å². The highest BCUT2D eigenvalue weighted by atomic mass is 32.2. The predicted octanol–water partition coefficient (Wildman–Crippen LogP) is -0.0895. The van der Waals surface area contributed by atoms with E-state index in [4.69, 9.17) is 9.47 Å². The van der Waals surface area contributed by atoms with Gasteiger partial charge in [-0.2, -0.15) is 0 Å². The molecule has 9 heteroatoms. The fourth-order valence-electron chi connectivity index (χ4n) is 3.80. The molecule has 5 atom stereocenters. The molecule has 3 rings (SSSR count). The monoisotopic (exact) mass is 344 g/mol. The molecule has 128 valence electrons. The van der Waals surface area contributed by atoms with E-state index in [1.165, 1.54) is 6.92 Å². The topological polar surface area (TPSA) is 111 Å². The van der Waals surface area contributed by atoms with Crippen LogP contribution in [-0.2, 0) is 24.3 Å². The van der Waals surface area contributed by atoms with Crippen molar-refractivity contribution in [3.8, 4) is 0 Å². The molecule has 1 heterocycles.